The lowest BCUT2D eigenvalue weighted by Gasteiger charge is -2.24. The number of methoxy groups -OCH3 is 1. The van der Waals surface area contributed by atoms with Gasteiger partial charge in [0.25, 0.3) is 0 Å². The Bertz CT molecular complexity index is 116. The number of aliphatic hydroxyl groups excluding tert-OH is 2. The van der Waals surface area contributed by atoms with Crippen molar-refractivity contribution in [3.63, 3.8) is 0 Å². The second kappa shape index (κ2) is 7.26. The van der Waals surface area contributed by atoms with Gasteiger partial charge in [-0.3, -0.25) is 0 Å². The lowest BCUT2D eigenvalue weighted by molar-refractivity contribution is -0.180. The maximum atomic E-state index is 8.97. The Morgan fingerprint density at radius 3 is 2.15 bits per heavy atom. The van der Waals surface area contributed by atoms with Crippen LogP contribution in [0.3, 0.4) is 0 Å². The molecule has 0 aliphatic rings. The van der Waals surface area contributed by atoms with Crippen molar-refractivity contribution in [3.8, 4) is 0 Å². The molecule has 4 nitrogen and oxygen atoms in total. The van der Waals surface area contributed by atoms with Gasteiger partial charge in [0, 0.05) is 20.1 Å². The molecule has 0 aromatic heterocycles. The molecule has 1 unspecified atom stereocenters. The van der Waals surface area contributed by atoms with Gasteiger partial charge in [-0.2, -0.15) is 0 Å². The van der Waals surface area contributed by atoms with Crippen LogP contribution in [0.2, 0.25) is 0 Å². The molecule has 4 heteroatoms. The zero-order chi connectivity index (χ0) is 10.3. The molecular formula is C9H20O4. The fourth-order valence-corrected chi connectivity index (χ4v) is 0.953. The van der Waals surface area contributed by atoms with Crippen LogP contribution >= 0.6 is 0 Å². The first-order valence-electron chi connectivity index (χ1n) is 4.55. The van der Waals surface area contributed by atoms with Crippen LogP contribution in [0.4, 0.5) is 0 Å². The Morgan fingerprint density at radius 2 is 1.85 bits per heavy atom. The third-order valence-corrected chi connectivity index (χ3v) is 1.88. The predicted molar refractivity (Wildman–Crippen MR) is 49.3 cm³/mol. The van der Waals surface area contributed by atoms with E-state index in [4.69, 9.17) is 19.7 Å². The van der Waals surface area contributed by atoms with Gasteiger partial charge >= 0.3 is 0 Å². The molecule has 80 valence electrons. The van der Waals surface area contributed by atoms with Crippen molar-refractivity contribution in [2.75, 3.05) is 20.3 Å². The van der Waals surface area contributed by atoms with Crippen LogP contribution in [0.5, 0.6) is 0 Å². The normalized spacial score (nSPS) is 16.2. The van der Waals surface area contributed by atoms with E-state index in [-0.39, 0.29) is 25.2 Å². The molecule has 0 aromatic carbocycles. The number of ether oxygens (including phenoxy) is 2. The monoisotopic (exact) mass is 192 g/mol. The standard InChI is InChI=1S/C9H20O4/c1-7(2)8(6-11)13-9(12-3)4-5-10/h7-11H,4-6H2,1-3H3/t8?,9-/m1/s1. The largest absolute Gasteiger partial charge is 0.396 e. The molecule has 0 aromatic rings. The summed E-state index contributed by atoms with van der Waals surface area (Å²) in [6, 6.07) is 0. The van der Waals surface area contributed by atoms with Gasteiger partial charge in [0.05, 0.1) is 12.7 Å². The van der Waals surface area contributed by atoms with Crippen LogP contribution in [0.25, 0.3) is 0 Å². The Kier molecular flexibility index (Phi) is 7.17. The van der Waals surface area contributed by atoms with Crippen LogP contribution in [-0.4, -0.2) is 42.9 Å². The molecule has 2 N–H and O–H groups in total. The van der Waals surface area contributed by atoms with E-state index in [0.717, 1.165) is 0 Å². The van der Waals surface area contributed by atoms with Gasteiger partial charge in [-0.1, -0.05) is 13.8 Å². The highest BCUT2D eigenvalue weighted by atomic mass is 16.7. The summed E-state index contributed by atoms with van der Waals surface area (Å²) in [7, 11) is 1.52. The average Bonchev–Trinajstić information content (AvgIpc) is 2.11. The quantitative estimate of drug-likeness (QED) is 0.572. The van der Waals surface area contributed by atoms with Crippen molar-refractivity contribution in [2.24, 2.45) is 5.92 Å². The molecule has 2 atom stereocenters. The van der Waals surface area contributed by atoms with Gasteiger partial charge in [0.1, 0.15) is 0 Å². The first-order chi connectivity index (χ1) is 6.15. The van der Waals surface area contributed by atoms with Gasteiger partial charge < -0.3 is 19.7 Å². The molecule has 0 fully saturated rings. The summed E-state index contributed by atoms with van der Waals surface area (Å²) in [6.07, 6.45) is -0.222. The van der Waals surface area contributed by atoms with Crippen molar-refractivity contribution in [1.29, 1.82) is 0 Å². The van der Waals surface area contributed by atoms with Crippen molar-refractivity contribution >= 4 is 0 Å². The van der Waals surface area contributed by atoms with E-state index in [1.165, 1.54) is 7.11 Å². The molecule has 0 bridgehead atoms. The lowest BCUT2D eigenvalue weighted by Crippen LogP contribution is -2.31. The fourth-order valence-electron chi connectivity index (χ4n) is 0.953. The molecule has 0 aliphatic carbocycles. The molecule has 0 amide bonds. The van der Waals surface area contributed by atoms with Crippen LogP contribution in [-0.2, 0) is 9.47 Å². The van der Waals surface area contributed by atoms with Gasteiger partial charge in [-0.05, 0) is 5.92 Å². The summed E-state index contributed by atoms with van der Waals surface area (Å²) >= 11 is 0. The second-order valence-electron chi connectivity index (χ2n) is 3.28. The van der Waals surface area contributed by atoms with Crippen LogP contribution in [0.1, 0.15) is 20.3 Å². The van der Waals surface area contributed by atoms with Crippen molar-refractivity contribution < 1.29 is 19.7 Å². The predicted octanol–water partition coefficient (Wildman–Crippen LogP) is 0.375. The van der Waals surface area contributed by atoms with Crippen LogP contribution < -0.4 is 0 Å². The Morgan fingerprint density at radius 1 is 1.23 bits per heavy atom. The van der Waals surface area contributed by atoms with Crippen molar-refractivity contribution in [1.82, 2.24) is 0 Å². The zero-order valence-corrected chi connectivity index (χ0v) is 8.56. The van der Waals surface area contributed by atoms with Gasteiger partial charge in [-0.25, -0.2) is 0 Å². The number of hydrogen-bond acceptors (Lipinski definition) is 4. The molecule has 0 heterocycles. The first-order valence-corrected chi connectivity index (χ1v) is 4.55. The molecule has 0 saturated heterocycles. The third-order valence-electron chi connectivity index (χ3n) is 1.88. The average molecular weight is 192 g/mol. The van der Waals surface area contributed by atoms with Gasteiger partial charge in [0.15, 0.2) is 6.29 Å². The SMILES string of the molecule is CO[C@@H](CCO)OC(CO)C(C)C. The minimum absolute atomic E-state index is 0.0226. The maximum absolute atomic E-state index is 8.97. The Hall–Kier alpha value is -0.160. The van der Waals surface area contributed by atoms with E-state index in [1.54, 1.807) is 0 Å². The molecule has 13 heavy (non-hydrogen) atoms. The van der Waals surface area contributed by atoms with Crippen molar-refractivity contribution in [3.05, 3.63) is 0 Å². The number of rotatable bonds is 7. The molecule has 0 aliphatic heterocycles. The first kappa shape index (κ1) is 12.8. The van der Waals surface area contributed by atoms with E-state index in [9.17, 15) is 0 Å². The minimum atomic E-state index is -0.426. The summed E-state index contributed by atoms with van der Waals surface area (Å²) in [5.41, 5.74) is 0. The third kappa shape index (κ3) is 5.21. The van der Waals surface area contributed by atoms with Gasteiger partial charge in [-0.15, -0.1) is 0 Å². The van der Waals surface area contributed by atoms with Crippen LogP contribution in [0, 0.1) is 5.92 Å². The summed E-state index contributed by atoms with van der Waals surface area (Å²) in [5, 5.41) is 17.6. The number of hydrogen-bond donors (Lipinski definition) is 2. The molecule has 0 saturated carbocycles. The topological polar surface area (TPSA) is 58.9 Å². The molecular weight excluding hydrogens is 172 g/mol. The Balaban J connectivity index is 3.87. The van der Waals surface area contributed by atoms with E-state index in [1.807, 2.05) is 13.8 Å². The molecule has 0 spiro atoms. The summed E-state index contributed by atoms with van der Waals surface area (Å²) in [5.74, 6) is 0.237. The smallest absolute Gasteiger partial charge is 0.159 e. The highest BCUT2D eigenvalue weighted by Crippen LogP contribution is 2.11. The summed E-state index contributed by atoms with van der Waals surface area (Å²) in [4.78, 5) is 0. The van der Waals surface area contributed by atoms with E-state index >= 15 is 0 Å². The highest BCUT2D eigenvalue weighted by molar-refractivity contribution is 4.61. The molecule has 0 rings (SSSR count). The minimum Gasteiger partial charge on any atom is -0.396 e. The van der Waals surface area contributed by atoms with E-state index in [0.29, 0.717) is 6.42 Å². The van der Waals surface area contributed by atoms with Gasteiger partial charge in [0.2, 0.25) is 0 Å². The van der Waals surface area contributed by atoms with Crippen LogP contribution in [0.15, 0.2) is 0 Å². The molecule has 0 radical (unpaired) electrons. The number of aliphatic hydroxyl groups is 2. The maximum Gasteiger partial charge on any atom is 0.159 e. The second-order valence-corrected chi connectivity index (χ2v) is 3.28. The fraction of sp³-hybridized carbons (Fsp3) is 1.00. The summed E-state index contributed by atoms with van der Waals surface area (Å²) < 4.78 is 10.4. The zero-order valence-electron chi connectivity index (χ0n) is 8.56. The van der Waals surface area contributed by atoms with E-state index in [2.05, 4.69) is 0 Å². The Labute approximate surface area is 79.5 Å². The summed E-state index contributed by atoms with van der Waals surface area (Å²) in [6.45, 7) is 3.93. The highest BCUT2D eigenvalue weighted by Gasteiger charge is 2.18. The van der Waals surface area contributed by atoms with Crippen molar-refractivity contribution in [2.45, 2.75) is 32.7 Å². The van der Waals surface area contributed by atoms with E-state index < -0.39 is 6.29 Å². The lowest BCUT2D eigenvalue weighted by atomic mass is 10.1.